The Bertz CT molecular complexity index is 574. The molecule has 3 heterocycles. The van der Waals surface area contributed by atoms with Gasteiger partial charge in [-0.25, -0.2) is 9.97 Å². The van der Waals surface area contributed by atoms with Crippen LogP contribution in [-0.4, -0.2) is 29.2 Å². The Morgan fingerprint density at radius 3 is 3.26 bits per heavy atom. The zero-order valence-electron chi connectivity index (χ0n) is 10.7. The van der Waals surface area contributed by atoms with E-state index in [9.17, 15) is 0 Å². The minimum atomic E-state index is 0.298. The van der Waals surface area contributed by atoms with Crippen LogP contribution in [0.2, 0.25) is 5.28 Å². The van der Waals surface area contributed by atoms with Crippen molar-refractivity contribution in [2.45, 2.75) is 25.9 Å². The number of rotatable bonds is 4. The molecule has 0 amide bonds. The van der Waals surface area contributed by atoms with Gasteiger partial charge in [0.2, 0.25) is 5.28 Å². The van der Waals surface area contributed by atoms with Gasteiger partial charge in [0.1, 0.15) is 10.6 Å². The van der Waals surface area contributed by atoms with Crippen LogP contribution >= 0.6 is 22.9 Å². The summed E-state index contributed by atoms with van der Waals surface area (Å²) < 4.78 is 5.70. The molecule has 2 unspecified atom stereocenters. The number of halogens is 1. The van der Waals surface area contributed by atoms with Crippen molar-refractivity contribution >= 4 is 39.0 Å². The molecule has 0 spiro atoms. The summed E-state index contributed by atoms with van der Waals surface area (Å²) in [6.45, 7) is 3.90. The number of anilines is 1. The zero-order valence-corrected chi connectivity index (χ0v) is 12.3. The molecule has 0 aliphatic carbocycles. The van der Waals surface area contributed by atoms with Gasteiger partial charge < -0.3 is 10.1 Å². The number of hydrogen-bond acceptors (Lipinski definition) is 5. The van der Waals surface area contributed by atoms with Gasteiger partial charge in [0.15, 0.2) is 0 Å². The van der Waals surface area contributed by atoms with Crippen LogP contribution in [0.15, 0.2) is 11.4 Å². The van der Waals surface area contributed by atoms with E-state index in [2.05, 4.69) is 22.2 Å². The van der Waals surface area contributed by atoms with E-state index >= 15 is 0 Å². The van der Waals surface area contributed by atoms with Gasteiger partial charge in [-0.15, -0.1) is 11.3 Å². The highest BCUT2D eigenvalue weighted by molar-refractivity contribution is 7.16. The molecule has 1 fully saturated rings. The number of nitrogens with one attached hydrogen (secondary N) is 1. The number of hydrogen-bond donors (Lipinski definition) is 1. The van der Waals surface area contributed by atoms with E-state index in [1.807, 2.05) is 11.4 Å². The Labute approximate surface area is 121 Å². The molecule has 4 nitrogen and oxygen atoms in total. The molecule has 0 aromatic carbocycles. The molecular weight excluding hydrogens is 282 g/mol. The molecule has 102 valence electrons. The molecule has 3 rings (SSSR count). The first-order valence-electron chi connectivity index (χ1n) is 6.54. The second kappa shape index (κ2) is 5.61. The smallest absolute Gasteiger partial charge is 0.225 e. The first kappa shape index (κ1) is 13.1. The van der Waals surface area contributed by atoms with Gasteiger partial charge in [-0.3, -0.25) is 0 Å². The molecule has 6 heteroatoms. The predicted octanol–water partition coefficient (Wildman–Crippen LogP) is 3.57. The fraction of sp³-hybridized carbons (Fsp3) is 0.538. The highest BCUT2D eigenvalue weighted by Gasteiger charge is 2.26. The van der Waals surface area contributed by atoms with E-state index in [-0.39, 0.29) is 0 Å². The molecule has 0 radical (unpaired) electrons. The lowest BCUT2D eigenvalue weighted by atomic mass is 10.00. The van der Waals surface area contributed by atoms with E-state index in [0.29, 0.717) is 17.3 Å². The van der Waals surface area contributed by atoms with Crippen molar-refractivity contribution in [2.24, 2.45) is 5.92 Å². The SMILES string of the molecule is CCC1OCCC1CNc1nc(Cl)nc2sccc12. The quantitative estimate of drug-likeness (QED) is 0.876. The number of fused-ring (bicyclic) bond motifs is 1. The number of nitrogens with zero attached hydrogens (tertiary/aromatic N) is 2. The van der Waals surface area contributed by atoms with Crippen molar-refractivity contribution in [3.05, 3.63) is 16.7 Å². The van der Waals surface area contributed by atoms with Crippen LogP contribution in [0.1, 0.15) is 19.8 Å². The molecule has 2 atom stereocenters. The van der Waals surface area contributed by atoms with Gasteiger partial charge in [-0.2, -0.15) is 0 Å². The molecule has 1 aliphatic heterocycles. The average Bonchev–Trinajstić information content (AvgIpc) is 3.03. The molecule has 0 saturated carbocycles. The van der Waals surface area contributed by atoms with E-state index in [4.69, 9.17) is 16.3 Å². The summed E-state index contributed by atoms with van der Waals surface area (Å²) in [6.07, 6.45) is 2.53. The summed E-state index contributed by atoms with van der Waals surface area (Å²) in [5, 5.41) is 6.76. The minimum absolute atomic E-state index is 0.298. The summed E-state index contributed by atoms with van der Waals surface area (Å²) in [5.41, 5.74) is 0. The first-order chi connectivity index (χ1) is 9.28. The maximum absolute atomic E-state index is 5.95. The Morgan fingerprint density at radius 2 is 2.42 bits per heavy atom. The molecular formula is C13H16ClN3OS. The van der Waals surface area contributed by atoms with Gasteiger partial charge in [0.05, 0.1) is 11.5 Å². The lowest BCUT2D eigenvalue weighted by molar-refractivity contribution is 0.0900. The Morgan fingerprint density at radius 1 is 1.53 bits per heavy atom. The molecule has 1 N–H and O–H groups in total. The van der Waals surface area contributed by atoms with E-state index in [0.717, 1.165) is 42.0 Å². The lowest BCUT2D eigenvalue weighted by Crippen LogP contribution is -2.23. The van der Waals surface area contributed by atoms with Gasteiger partial charge in [0, 0.05) is 19.1 Å². The van der Waals surface area contributed by atoms with Crippen LogP contribution in [0.4, 0.5) is 5.82 Å². The summed E-state index contributed by atoms with van der Waals surface area (Å²) in [4.78, 5) is 9.44. The van der Waals surface area contributed by atoms with Crippen LogP contribution < -0.4 is 5.32 Å². The average molecular weight is 298 g/mol. The molecule has 2 aromatic heterocycles. The monoisotopic (exact) mass is 297 g/mol. The van der Waals surface area contributed by atoms with Crippen molar-refractivity contribution in [3.63, 3.8) is 0 Å². The minimum Gasteiger partial charge on any atom is -0.378 e. The molecule has 0 bridgehead atoms. The highest BCUT2D eigenvalue weighted by Crippen LogP contribution is 2.28. The largest absolute Gasteiger partial charge is 0.378 e. The van der Waals surface area contributed by atoms with E-state index < -0.39 is 0 Å². The predicted molar refractivity (Wildman–Crippen MR) is 79.1 cm³/mol. The van der Waals surface area contributed by atoms with Crippen LogP contribution in [0.3, 0.4) is 0 Å². The van der Waals surface area contributed by atoms with Crippen molar-refractivity contribution < 1.29 is 4.74 Å². The summed E-state index contributed by atoms with van der Waals surface area (Å²) >= 11 is 7.53. The highest BCUT2D eigenvalue weighted by atomic mass is 35.5. The molecule has 1 saturated heterocycles. The van der Waals surface area contributed by atoms with Crippen LogP contribution in [0.5, 0.6) is 0 Å². The van der Waals surface area contributed by atoms with Crippen molar-refractivity contribution in [1.82, 2.24) is 9.97 Å². The Balaban J connectivity index is 1.76. The summed E-state index contributed by atoms with van der Waals surface area (Å²) in [5.74, 6) is 1.38. The normalized spacial score (nSPS) is 23.1. The maximum Gasteiger partial charge on any atom is 0.225 e. The van der Waals surface area contributed by atoms with Crippen molar-refractivity contribution in [1.29, 1.82) is 0 Å². The third-order valence-electron chi connectivity index (χ3n) is 3.58. The second-order valence-corrected chi connectivity index (χ2v) is 5.96. The third-order valence-corrected chi connectivity index (χ3v) is 4.55. The van der Waals surface area contributed by atoms with Crippen LogP contribution in [0.25, 0.3) is 10.2 Å². The number of ether oxygens (including phenoxy) is 1. The molecule has 1 aliphatic rings. The topological polar surface area (TPSA) is 47.0 Å². The Kier molecular flexibility index (Phi) is 3.86. The van der Waals surface area contributed by atoms with E-state index in [1.54, 1.807) is 11.3 Å². The van der Waals surface area contributed by atoms with Gasteiger partial charge in [-0.1, -0.05) is 6.92 Å². The third kappa shape index (κ3) is 2.68. The van der Waals surface area contributed by atoms with Gasteiger partial charge >= 0.3 is 0 Å². The summed E-state index contributed by atoms with van der Waals surface area (Å²) in [6, 6.07) is 2.03. The number of thiophene rings is 1. The fourth-order valence-electron chi connectivity index (χ4n) is 2.57. The van der Waals surface area contributed by atoms with Crippen molar-refractivity contribution in [2.75, 3.05) is 18.5 Å². The number of aromatic nitrogens is 2. The van der Waals surface area contributed by atoms with Crippen LogP contribution in [-0.2, 0) is 4.74 Å². The molecule has 2 aromatic rings. The zero-order chi connectivity index (χ0) is 13.2. The standard InChI is InChI=1S/C13H16ClN3OS/c1-2-10-8(3-5-18-10)7-15-11-9-4-6-19-12(9)17-13(14)16-11/h4,6,8,10H,2-3,5,7H2,1H3,(H,15,16,17). The first-order valence-corrected chi connectivity index (χ1v) is 7.80. The van der Waals surface area contributed by atoms with Crippen molar-refractivity contribution in [3.8, 4) is 0 Å². The lowest BCUT2D eigenvalue weighted by Gasteiger charge is -2.17. The fourth-order valence-corrected chi connectivity index (χ4v) is 3.55. The van der Waals surface area contributed by atoms with Crippen LogP contribution in [0, 0.1) is 5.92 Å². The summed E-state index contributed by atoms with van der Waals surface area (Å²) in [7, 11) is 0. The molecule has 19 heavy (non-hydrogen) atoms. The van der Waals surface area contributed by atoms with Gasteiger partial charge in [0.25, 0.3) is 0 Å². The Hall–Kier alpha value is -0.910. The van der Waals surface area contributed by atoms with Gasteiger partial charge in [-0.05, 0) is 35.9 Å². The second-order valence-electron chi connectivity index (χ2n) is 4.73. The maximum atomic E-state index is 5.95. The van der Waals surface area contributed by atoms with E-state index in [1.165, 1.54) is 0 Å².